The minimum atomic E-state index is -1.00. The molecule has 0 radical (unpaired) electrons. The van der Waals surface area contributed by atoms with E-state index in [1.165, 1.54) is 11.3 Å². The maximum Gasteiger partial charge on any atom is 0.336 e. The summed E-state index contributed by atoms with van der Waals surface area (Å²) in [5, 5.41) is 15.5. The van der Waals surface area contributed by atoms with Crippen molar-refractivity contribution in [1.82, 2.24) is 15.2 Å². The lowest BCUT2D eigenvalue weighted by Gasteiger charge is -2.28. The van der Waals surface area contributed by atoms with Crippen molar-refractivity contribution < 1.29 is 14.7 Å². The fourth-order valence-electron chi connectivity index (χ4n) is 3.27. The zero-order chi connectivity index (χ0) is 18.1. The number of hydrogen-bond donors (Lipinski definition) is 2. The molecule has 6 nitrogen and oxygen atoms in total. The van der Waals surface area contributed by atoms with Gasteiger partial charge in [-0.2, -0.15) is 0 Å². The number of rotatable bonds is 4. The number of para-hydroxylation sites is 1. The number of carboxylic acid groups (broad SMARTS) is 1. The zero-order valence-corrected chi connectivity index (χ0v) is 14.8. The van der Waals surface area contributed by atoms with Crippen LogP contribution in [0.1, 0.15) is 15.9 Å². The molecule has 3 heterocycles. The number of thiophene rings is 1. The van der Waals surface area contributed by atoms with E-state index >= 15 is 0 Å². The second-order valence-corrected chi connectivity index (χ2v) is 7.05. The molecule has 1 aliphatic rings. The van der Waals surface area contributed by atoms with Gasteiger partial charge in [0.15, 0.2) is 0 Å². The molecule has 7 heteroatoms. The highest BCUT2D eigenvalue weighted by Gasteiger charge is 2.26. The van der Waals surface area contributed by atoms with Crippen LogP contribution in [0.4, 0.5) is 0 Å². The van der Waals surface area contributed by atoms with Crippen LogP contribution < -0.4 is 5.32 Å². The number of carbonyl (C=O) groups is 2. The predicted molar refractivity (Wildman–Crippen MR) is 100 cm³/mol. The van der Waals surface area contributed by atoms with Crippen LogP contribution in [-0.2, 0) is 11.3 Å². The number of piperazine rings is 1. The Bertz CT molecular complexity index is 985. The van der Waals surface area contributed by atoms with E-state index in [1.54, 1.807) is 17.0 Å². The summed E-state index contributed by atoms with van der Waals surface area (Å²) >= 11 is 1.51. The van der Waals surface area contributed by atoms with Crippen LogP contribution in [-0.4, -0.2) is 46.5 Å². The topological polar surface area (TPSA) is 82.5 Å². The summed E-state index contributed by atoms with van der Waals surface area (Å²) in [7, 11) is 0. The van der Waals surface area contributed by atoms with Crippen LogP contribution in [0.15, 0.2) is 41.8 Å². The summed E-state index contributed by atoms with van der Waals surface area (Å²) in [5.74, 6) is -1.03. The minimum Gasteiger partial charge on any atom is -0.478 e. The summed E-state index contributed by atoms with van der Waals surface area (Å²) in [6.07, 6.45) is 0. The highest BCUT2D eigenvalue weighted by atomic mass is 32.1. The van der Waals surface area contributed by atoms with E-state index in [9.17, 15) is 14.7 Å². The van der Waals surface area contributed by atoms with E-state index in [1.807, 2.05) is 29.6 Å². The predicted octanol–water partition coefficient (Wildman–Crippen LogP) is 2.59. The molecular formula is C19H17N3O3S. The van der Waals surface area contributed by atoms with Gasteiger partial charge in [-0.25, -0.2) is 9.78 Å². The van der Waals surface area contributed by atoms with Crippen molar-refractivity contribution in [3.05, 3.63) is 52.9 Å². The fraction of sp³-hybridized carbons (Fsp3) is 0.211. The molecule has 1 fully saturated rings. The SMILES string of the molecule is O=C(O)c1c(CN2CCNCC2=O)c(-c2cccs2)nc2ccccc12. The van der Waals surface area contributed by atoms with Crippen molar-refractivity contribution in [1.29, 1.82) is 0 Å². The van der Waals surface area contributed by atoms with Crippen LogP contribution in [0.25, 0.3) is 21.5 Å². The van der Waals surface area contributed by atoms with Gasteiger partial charge in [0.05, 0.1) is 28.2 Å². The number of fused-ring (bicyclic) bond motifs is 1. The lowest BCUT2D eigenvalue weighted by molar-refractivity contribution is -0.132. The number of nitrogens with zero attached hydrogens (tertiary/aromatic N) is 2. The van der Waals surface area contributed by atoms with Gasteiger partial charge in [0, 0.05) is 30.6 Å². The van der Waals surface area contributed by atoms with E-state index in [0.29, 0.717) is 35.2 Å². The molecule has 2 N–H and O–H groups in total. The van der Waals surface area contributed by atoms with Crippen LogP contribution in [0.5, 0.6) is 0 Å². The Labute approximate surface area is 154 Å². The molecule has 0 bridgehead atoms. The van der Waals surface area contributed by atoms with Crippen molar-refractivity contribution in [2.24, 2.45) is 0 Å². The van der Waals surface area contributed by atoms with Gasteiger partial charge in [-0.15, -0.1) is 11.3 Å². The van der Waals surface area contributed by atoms with E-state index in [4.69, 9.17) is 4.98 Å². The molecule has 0 spiro atoms. The Morgan fingerprint density at radius 1 is 1.27 bits per heavy atom. The van der Waals surface area contributed by atoms with Gasteiger partial charge in [0.1, 0.15) is 0 Å². The van der Waals surface area contributed by atoms with Crippen LogP contribution in [0.2, 0.25) is 0 Å². The summed E-state index contributed by atoms with van der Waals surface area (Å²) in [5.41, 5.74) is 2.10. The van der Waals surface area contributed by atoms with Gasteiger partial charge in [0.2, 0.25) is 5.91 Å². The van der Waals surface area contributed by atoms with Crippen molar-refractivity contribution >= 4 is 34.1 Å². The maximum atomic E-state index is 12.2. The van der Waals surface area contributed by atoms with E-state index in [-0.39, 0.29) is 24.6 Å². The molecule has 0 saturated carbocycles. The molecular weight excluding hydrogens is 350 g/mol. The number of aromatic carboxylic acids is 1. The Morgan fingerprint density at radius 2 is 2.12 bits per heavy atom. The molecule has 26 heavy (non-hydrogen) atoms. The summed E-state index contributed by atoms with van der Waals surface area (Å²) in [6, 6.07) is 11.1. The smallest absolute Gasteiger partial charge is 0.336 e. The van der Waals surface area contributed by atoms with Crippen molar-refractivity contribution in [2.75, 3.05) is 19.6 Å². The lowest BCUT2D eigenvalue weighted by atomic mass is 9.98. The Hall–Kier alpha value is -2.77. The summed E-state index contributed by atoms with van der Waals surface area (Å²) in [6.45, 7) is 1.77. The average Bonchev–Trinajstić information content (AvgIpc) is 3.17. The number of pyridine rings is 1. The summed E-state index contributed by atoms with van der Waals surface area (Å²) in [4.78, 5) is 31.7. The second-order valence-electron chi connectivity index (χ2n) is 6.11. The summed E-state index contributed by atoms with van der Waals surface area (Å²) < 4.78 is 0. The normalized spacial score (nSPS) is 14.8. The standard InChI is InChI=1S/C19H17N3O3S/c23-16-10-20-7-8-22(16)11-13-17(19(24)25)12-4-1-2-5-14(12)21-18(13)15-6-3-9-26-15/h1-6,9,20H,7-8,10-11H2,(H,24,25). The first-order valence-electron chi connectivity index (χ1n) is 8.32. The molecule has 0 aliphatic carbocycles. The Morgan fingerprint density at radius 3 is 2.85 bits per heavy atom. The van der Waals surface area contributed by atoms with Gasteiger partial charge in [-0.3, -0.25) is 4.79 Å². The molecule has 1 aromatic carbocycles. The van der Waals surface area contributed by atoms with Gasteiger partial charge in [-0.05, 0) is 17.5 Å². The minimum absolute atomic E-state index is 0.0297. The highest BCUT2D eigenvalue weighted by molar-refractivity contribution is 7.13. The van der Waals surface area contributed by atoms with Gasteiger partial charge < -0.3 is 15.3 Å². The highest BCUT2D eigenvalue weighted by Crippen LogP contribution is 2.33. The molecule has 132 valence electrons. The van der Waals surface area contributed by atoms with E-state index in [2.05, 4.69) is 5.32 Å². The number of hydrogen-bond acceptors (Lipinski definition) is 5. The van der Waals surface area contributed by atoms with Crippen LogP contribution >= 0.6 is 11.3 Å². The number of aromatic nitrogens is 1. The van der Waals surface area contributed by atoms with Crippen LogP contribution in [0.3, 0.4) is 0 Å². The molecule has 1 saturated heterocycles. The first-order valence-corrected chi connectivity index (χ1v) is 9.20. The largest absolute Gasteiger partial charge is 0.478 e. The number of nitrogens with one attached hydrogen (secondary N) is 1. The molecule has 4 rings (SSSR count). The number of carbonyl (C=O) groups excluding carboxylic acids is 1. The van der Waals surface area contributed by atoms with Crippen molar-refractivity contribution in [3.63, 3.8) is 0 Å². The third kappa shape index (κ3) is 2.95. The molecule has 0 unspecified atom stereocenters. The van der Waals surface area contributed by atoms with E-state index < -0.39 is 5.97 Å². The average molecular weight is 367 g/mol. The monoisotopic (exact) mass is 367 g/mol. The zero-order valence-electron chi connectivity index (χ0n) is 13.9. The first kappa shape index (κ1) is 16.7. The molecule has 3 aromatic rings. The lowest BCUT2D eigenvalue weighted by Crippen LogP contribution is -2.47. The number of benzene rings is 1. The maximum absolute atomic E-state index is 12.2. The quantitative estimate of drug-likeness (QED) is 0.741. The molecule has 0 atom stereocenters. The molecule has 1 aliphatic heterocycles. The molecule has 1 amide bonds. The van der Waals surface area contributed by atoms with Gasteiger partial charge >= 0.3 is 5.97 Å². The third-order valence-corrected chi connectivity index (χ3v) is 5.37. The Kier molecular flexibility index (Phi) is 4.40. The number of carboxylic acids is 1. The second kappa shape index (κ2) is 6.86. The first-order chi connectivity index (χ1) is 12.6. The fourth-order valence-corrected chi connectivity index (χ4v) is 4.01. The van der Waals surface area contributed by atoms with Gasteiger partial charge in [0.25, 0.3) is 0 Å². The molecule has 2 aromatic heterocycles. The van der Waals surface area contributed by atoms with Crippen molar-refractivity contribution in [3.8, 4) is 10.6 Å². The van der Waals surface area contributed by atoms with Gasteiger partial charge in [-0.1, -0.05) is 24.3 Å². The van der Waals surface area contributed by atoms with E-state index in [0.717, 1.165) is 4.88 Å². The third-order valence-electron chi connectivity index (χ3n) is 4.50. The van der Waals surface area contributed by atoms with Crippen molar-refractivity contribution in [2.45, 2.75) is 6.54 Å². The number of amides is 1. The Balaban J connectivity index is 1.95. The van der Waals surface area contributed by atoms with Crippen LogP contribution in [0, 0.1) is 0 Å².